The first kappa shape index (κ1) is 29.1. The van der Waals surface area contributed by atoms with Crippen molar-refractivity contribution in [2.24, 2.45) is 0 Å². The zero-order chi connectivity index (χ0) is 29.2. The van der Waals surface area contributed by atoms with Gasteiger partial charge in [-0.25, -0.2) is 0 Å². The van der Waals surface area contributed by atoms with E-state index in [-0.39, 0.29) is 29.7 Å². The van der Waals surface area contributed by atoms with Crippen LogP contribution < -0.4 is 16.2 Å². The molecule has 0 radical (unpaired) electrons. The van der Waals surface area contributed by atoms with Crippen LogP contribution in [0.15, 0.2) is 30.3 Å². The lowest BCUT2D eigenvalue weighted by Gasteiger charge is -2.43. The molecule has 17 heteroatoms. The van der Waals surface area contributed by atoms with Gasteiger partial charge in [0, 0.05) is 27.9 Å². The van der Waals surface area contributed by atoms with E-state index < -0.39 is 40.0 Å². The van der Waals surface area contributed by atoms with Crippen molar-refractivity contribution in [2.75, 3.05) is 0 Å². The molecular weight excluding hydrogens is 519 g/mol. The summed E-state index contributed by atoms with van der Waals surface area (Å²) in [6.07, 6.45) is 0.332. The Balaban J connectivity index is 1.77. The Bertz CT molecular complexity index is 1430. The van der Waals surface area contributed by atoms with E-state index in [1.807, 2.05) is 15.7 Å². The number of carbonyl (C=O) groups is 4. The minimum Gasteiger partial charge on any atom is -0.393 e. The molecule has 4 rings (SSSR count). The van der Waals surface area contributed by atoms with Gasteiger partial charge in [-0.15, -0.1) is 0 Å². The minimum absolute atomic E-state index is 0.123. The summed E-state index contributed by atoms with van der Waals surface area (Å²) >= 11 is 5.84. The molecule has 1 atom stereocenters. The lowest BCUT2D eigenvalue weighted by Crippen LogP contribution is -2.60. The van der Waals surface area contributed by atoms with Gasteiger partial charge in [0.25, 0.3) is 11.8 Å². The van der Waals surface area contributed by atoms with E-state index >= 15 is 8.78 Å². The maximum atomic E-state index is 15.3. The van der Waals surface area contributed by atoms with Gasteiger partial charge in [-0.05, 0) is 35.0 Å². The molecule has 1 unspecified atom stereocenters. The third-order valence-electron chi connectivity index (χ3n) is 8.23. The molecule has 2 aromatic carbocycles. The molecule has 194 valence electrons. The monoisotopic (exact) mass is 545 g/mol. The molecule has 0 aromatic heterocycles. The molecule has 7 nitrogen and oxygen atoms in total. The zero-order valence-corrected chi connectivity index (χ0v) is 23.8. The predicted molar refractivity (Wildman–Crippen MR) is 163 cm³/mol. The van der Waals surface area contributed by atoms with Crippen LogP contribution in [0, 0.1) is 0 Å². The van der Waals surface area contributed by atoms with Crippen LogP contribution in [0.4, 0.5) is 8.78 Å². The van der Waals surface area contributed by atoms with E-state index in [0.717, 1.165) is 16.9 Å². The number of amides is 4. The third-order valence-corrected chi connectivity index (χ3v) is 8.48. The van der Waals surface area contributed by atoms with Gasteiger partial charge < -0.3 is 9.71 Å². The minimum atomic E-state index is -3.80. The predicted octanol–water partition coefficient (Wildman–Crippen LogP) is -5.96. The molecule has 0 spiro atoms. The highest BCUT2D eigenvalue weighted by molar-refractivity contribution is 6.52. The molecular formula is C22H25B7ClF2N3O4. The van der Waals surface area contributed by atoms with Gasteiger partial charge >= 0.3 is 5.92 Å². The van der Waals surface area contributed by atoms with Crippen molar-refractivity contribution in [1.29, 1.82) is 0 Å². The topological polar surface area (TPSA) is 86.8 Å². The van der Waals surface area contributed by atoms with Gasteiger partial charge in [0.1, 0.15) is 53.1 Å². The molecule has 2 aromatic rings. The van der Waals surface area contributed by atoms with E-state index in [0.29, 0.717) is 27.6 Å². The summed E-state index contributed by atoms with van der Waals surface area (Å²) in [4.78, 5) is 53.9. The Labute approximate surface area is 237 Å². The van der Waals surface area contributed by atoms with Gasteiger partial charge in [-0.2, -0.15) is 8.78 Å². The summed E-state index contributed by atoms with van der Waals surface area (Å²) in [5.74, 6) is -6.40. The lowest BCUT2D eigenvalue weighted by molar-refractivity contribution is -0.155. The number of carbonyl (C=O) groups excluding carboxylic acids is 4. The first-order valence-electron chi connectivity index (χ1n) is 12.7. The average molecular weight is 545 g/mol. The van der Waals surface area contributed by atoms with Crippen LogP contribution in [0.25, 0.3) is 0 Å². The van der Waals surface area contributed by atoms with Crippen LogP contribution in [0.5, 0.6) is 0 Å². The van der Waals surface area contributed by atoms with E-state index in [1.54, 1.807) is 37.5 Å². The Kier molecular flexibility index (Phi) is 7.20. The molecule has 4 amide bonds. The van der Waals surface area contributed by atoms with Crippen molar-refractivity contribution in [3.63, 3.8) is 0 Å². The zero-order valence-electron chi connectivity index (χ0n) is 23.0. The largest absolute Gasteiger partial charge is 0.393 e. The molecule has 0 aliphatic carbocycles. The number of benzene rings is 2. The Morgan fingerprint density at radius 3 is 2.28 bits per heavy atom. The second kappa shape index (κ2) is 9.64. The van der Waals surface area contributed by atoms with Gasteiger partial charge in [-0.3, -0.25) is 24.5 Å². The standard InChI is InChI=1S/C22H25B7ClF2N3O4/c23-11-7-10(21(25,26)35(29)19(39)20(31,32)8-1-3-9(30)4-2-8)16(24)15-14(11)18(38)34(22(15,27)28)12-5-6-13(36)33-17(12)37/h1-4,7,12H,5-6,23-29H2,(H,33,36,37). The number of fused-ring (bicyclic) bond motifs is 1. The molecule has 2 aliphatic rings. The second-order valence-electron chi connectivity index (χ2n) is 11.3. The molecule has 1 saturated heterocycles. The smallest absolute Gasteiger partial charge is 0.348 e. The van der Waals surface area contributed by atoms with Crippen molar-refractivity contribution in [1.82, 2.24) is 15.0 Å². The average Bonchev–Trinajstić information content (AvgIpc) is 3.06. The van der Waals surface area contributed by atoms with Crippen molar-refractivity contribution in [3.05, 3.63) is 57.6 Å². The van der Waals surface area contributed by atoms with Crippen LogP contribution in [0.3, 0.4) is 0 Å². The van der Waals surface area contributed by atoms with Gasteiger partial charge in [0.2, 0.25) is 19.8 Å². The van der Waals surface area contributed by atoms with Crippen LogP contribution in [0.2, 0.25) is 5.02 Å². The van der Waals surface area contributed by atoms with Crippen molar-refractivity contribution < 1.29 is 28.0 Å². The fourth-order valence-electron chi connectivity index (χ4n) is 5.97. The number of nitrogens with one attached hydrogen (secondary N) is 1. The number of hydrogen-bond donors (Lipinski definition) is 1. The first-order valence-corrected chi connectivity index (χ1v) is 13.1. The molecule has 0 saturated carbocycles. The van der Waals surface area contributed by atoms with Crippen LogP contribution >= 0.6 is 11.6 Å². The maximum absolute atomic E-state index is 15.3. The number of halogens is 3. The molecule has 1 fully saturated rings. The second-order valence-corrected chi connectivity index (χ2v) is 11.8. The van der Waals surface area contributed by atoms with Gasteiger partial charge in [0.05, 0.1) is 0 Å². The van der Waals surface area contributed by atoms with Crippen molar-refractivity contribution >= 4 is 101 Å². The maximum Gasteiger partial charge on any atom is 0.348 e. The molecule has 2 aliphatic heterocycles. The summed E-state index contributed by atoms with van der Waals surface area (Å²) < 4.78 is 30.7. The van der Waals surface area contributed by atoms with Crippen LogP contribution in [0.1, 0.15) is 39.9 Å². The number of imide groups is 1. The van der Waals surface area contributed by atoms with Gasteiger partial charge in [-0.1, -0.05) is 40.7 Å². The Morgan fingerprint density at radius 1 is 1.13 bits per heavy atom. The van der Waals surface area contributed by atoms with Gasteiger partial charge in [0.15, 0.2) is 0 Å². The highest BCUT2D eigenvalue weighted by Crippen LogP contribution is 2.38. The first-order chi connectivity index (χ1) is 17.9. The molecule has 0 bridgehead atoms. The fourth-order valence-corrected chi connectivity index (χ4v) is 6.10. The third kappa shape index (κ3) is 4.54. The molecule has 39 heavy (non-hydrogen) atoms. The normalized spacial score (nSPS) is 19.0. The number of rotatable bonds is 5. The number of nitrogens with zero attached hydrogens (tertiary/aromatic N) is 2. The Hall–Kier alpha value is -2.88. The SMILES string of the molecule is Bc1cc(C(B)(B)N(B)C(=O)C(F)(F)c2ccc(Cl)cc2)c(B)c2c1C(=O)N(C1CCC(=O)NC1=O)C2(B)B. The number of hydrogen-bond acceptors (Lipinski definition) is 4. The fraction of sp³-hybridized carbons (Fsp3) is 0.273. The summed E-state index contributed by atoms with van der Waals surface area (Å²) in [6, 6.07) is 5.80. The molecule has 1 N–H and O–H groups in total. The highest BCUT2D eigenvalue weighted by Gasteiger charge is 2.52. The summed E-state index contributed by atoms with van der Waals surface area (Å²) in [7, 11) is 11.9. The van der Waals surface area contributed by atoms with E-state index in [4.69, 9.17) is 11.6 Å². The summed E-state index contributed by atoms with van der Waals surface area (Å²) in [6.45, 7) is 0. The number of piperidine rings is 1. The lowest BCUT2D eigenvalue weighted by atomic mass is 9.49. The van der Waals surface area contributed by atoms with E-state index in [2.05, 4.69) is 5.32 Å². The van der Waals surface area contributed by atoms with Crippen LogP contribution in [-0.2, 0) is 31.0 Å². The van der Waals surface area contributed by atoms with Crippen LogP contribution in [-0.4, -0.2) is 94.4 Å². The van der Waals surface area contributed by atoms with Crippen molar-refractivity contribution in [3.8, 4) is 0 Å². The Morgan fingerprint density at radius 2 is 1.72 bits per heavy atom. The van der Waals surface area contributed by atoms with E-state index in [9.17, 15) is 19.2 Å². The van der Waals surface area contributed by atoms with Crippen molar-refractivity contribution in [2.45, 2.75) is 35.5 Å². The summed E-state index contributed by atoms with van der Waals surface area (Å²) in [5.41, 5.74) is 2.54. The number of alkyl halides is 2. The quantitative estimate of drug-likeness (QED) is 0.300. The van der Waals surface area contributed by atoms with E-state index in [1.165, 1.54) is 25.0 Å². The molecule has 2 heterocycles. The highest BCUT2D eigenvalue weighted by atomic mass is 35.5. The summed E-state index contributed by atoms with van der Waals surface area (Å²) in [5, 5.41) is 0.466.